The van der Waals surface area contributed by atoms with Crippen molar-refractivity contribution >= 4 is 29.4 Å². The van der Waals surface area contributed by atoms with Crippen molar-refractivity contribution in [1.82, 2.24) is 0 Å². The first-order valence-corrected chi connectivity index (χ1v) is 7.53. The number of aliphatic hydroxyl groups is 1. The van der Waals surface area contributed by atoms with E-state index in [1.807, 2.05) is 0 Å². The molecule has 1 aliphatic heterocycles. The second-order valence-electron chi connectivity index (χ2n) is 2.43. The quantitative estimate of drug-likeness (QED) is 0.565. The number of phosphoric acid groups is 1. The van der Waals surface area contributed by atoms with Crippen LogP contribution in [0.3, 0.4) is 0 Å². The Bertz CT molecular complexity index is 213. The van der Waals surface area contributed by atoms with Gasteiger partial charge >= 0.3 is 7.82 Å². The smallest absolute Gasteiger partial charge is 0.389 e. The van der Waals surface area contributed by atoms with Gasteiger partial charge in [-0.3, -0.25) is 9.05 Å². The van der Waals surface area contributed by atoms with Crippen LogP contribution in [-0.2, 0) is 13.6 Å². The van der Waals surface area contributed by atoms with Gasteiger partial charge in [-0.1, -0.05) is 21.6 Å². The second kappa shape index (κ2) is 5.02. The van der Waals surface area contributed by atoms with Crippen LogP contribution in [-0.4, -0.2) is 40.8 Å². The van der Waals surface area contributed by atoms with E-state index < -0.39 is 20.0 Å². The van der Waals surface area contributed by atoms with E-state index in [4.69, 9.17) is 9.42 Å². The first kappa shape index (κ1) is 11.8. The lowest BCUT2D eigenvalue weighted by Gasteiger charge is -2.27. The van der Waals surface area contributed by atoms with E-state index in [1.54, 1.807) is 0 Å². The summed E-state index contributed by atoms with van der Waals surface area (Å²) in [5, 5.41) is 9.38. The molecule has 0 spiro atoms. The molecule has 1 rings (SSSR count). The van der Waals surface area contributed by atoms with Crippen LogP contribution in [0.4, 0.5) is 0 Å². The Morgan fingerprint density at radius 2 is 2.08 bits per heavy atom. The van der Waals surface area contributed by atoms with Gasteiger partial charge in [-0.05, 0) is 0 Å². The highest BCUT2D eigenvalue weighted by atomic mass is 33.1. The van der Waals surface area contributed by atoms with Gasteiger partial charge in [-0.15, -0.1) is 0 Å². The van der Waals surface area contributed by atoms with Crippen LogP contribution in [0.1, 0.15) is 0 Å². The third kappa shape index (κ3) is 3.79. The molecule has 78 valence electrons. The summed E-state index contributed by atoms with van der Waals surface area (Å²) in [6.45, 7) is 0. The highest BCUT2D eigenvalue weighted by Gasteiger charge is 2.32. The molecule has 1 saturated heterocycles. The van der Waals surface area contributed by atoms with E-state index in [0.29, 0.717) is 11.5 Å². The highest BCUT2D eigenvalue weighted by molar-refractivity contribution is 8.76. The number of hydrogen-bond donors (Lipinski definition) is 2. The van der Waals surface area contributed by atoms with Crippen molar-refractivity contribution in [1.29, 1.82) is 0 Å². The van der Waals surface area contributed by atoms with Crippen LogP contribution in [0, 0.1) is 0 Å². The van der Waals surface area contributed by atoms with Crippen molar-refractivity contribution in [3.05, 3.63) is 0 Å². The monoisotopic (exact) mass is 246 g/mol. The predicted octanol–water partition coefficient (Wildman–Crippen LogP) is 0.874. The van der Waals surface area contributed by atoms with Crippen LogP contribution in [0.5, 0.6) is 0 Å². The van der Waals surface area contributed by atoms with Gasteiger partial charge in [0, 0.05) is 18.6 Å². The molecule has 1 aliphatic rings. The zero-order valence-corrected chi connectivity index (χ0v) is 9.48. The summed E-state index contributed by atoms with van der Waals surface area (Å²) >= 11 is 0. The molecular formula is C5H11O5PS2. The molecule has 3 unspecified atom stereocenters. The van der Waals surface area contributed by atoms with Crippen LogP contribution < -0.4 is 0 Å². The average Bonchev–Trinajstić information content (AvgIpc) is 2.09. The SMILES string of the molecule is COP(=O)(O)OC1CSSCC1O. The number of aliphatic hydroxyl groups excluding tert-OH is 1. The van der Waals surface area contributed by atoms with Gasteiger partial charge in [0.1, 0.15) is 6.10 Å². The molecule has 0 aromatic rings. The standard InChI is InChI=1S/C5H11O5PS2/c1-9-11(7,8)10-5-3-13-12-2-4(5)6/h4-6H,2-3H2,1H3,(H,7,8). The summed E-state index contributed by atoms with van der Waals surface area (Å²) in [6, 6.07) is 0. The van der Waals surface area contributed by atoms with Gasteiger partial charge in [0.2, 0.25) is 0 Å². The van der Waals surface area contributed by atoms with Gasteiger partial charge in [-0.25, -0.2) is 4.57 Å². The maximum atomic E-state index is 11.0. The molecule has 8 heteroatoms. The lowest BCUT2D eigenvalue weighted by molar-refractivity contribution is 0.0386. The van der Waals surface area contributed by atoms with Crippen molar-refractivity contribution in [2.75, 3.05) is 18.6 Å². The van der Waals surface area contributed by atoms with Gasteiger partial charge < -0.3 is 10.00 Å². The van der Waals surface area contributed by atoms with E-state index in [2.05, 4.69) is 4.52 Å². The lowest BCUT2D eigenvalue weighted by atomic mass is 10.3. The normalized spacial score (nSPS) is 34.1. The van der Waals surface area contributed by atoms with Crippen LogP contribution in [0.25, 0.3) is 0 Å². The Morgan fingerprint density at radius 1 is 1.46 bits per heavy atom. The van der Waals surface area contributed by atoms with Crippen LogP contribution >= 0.6 is 29.4 Å². The lowest BCUT2D eigenvalue weighted by Crippen LogP contribution is -2.34. The third-order valence-corrected chi connectivity index (χ3v) is 4.91. The summed E-state index contributed by atoms with van der Waals surface area (Å²) in [7, 11) is 0.150. The zero-order chi connectivity index (χ0) is 9.90. The largest absolute Gasteiger partial charge is 0.472 e. The first-order valence-electron chi connectivity index (χ1n) is 3.54. The molecule has 2 N–H and O–H groups in total. The molecule has 3 atom stereocenters. The van der Waals surface area contributed by atoms with Gasteiger partial charge in [-0.2, -0.15) is 0 Å². The van der Waals surface area contributed by atoms with Gasteiger partial charge in [0.15, 0.2) is 0 Å². The van der Waals surface area contributed by atoms with Crippen molar-refractivity contribution in [2.24, 2.45) is 0 Å². The summed E-state index contributed by atoms with van der Waals surface area (Å²) < 4.78 is 20.0. The molecule has 1 heterocycles. The van der Waals surface area contributed by atoms with E-state index in [9.17, 15) is 9.67 Å². The minimum absolute atomic E-state index is 0.486. The fraction of sp³-hybridized carbons (Fsp3) is 1.00. The molecule has 0 aromatic carbocycles. The van der Waals surface area contributed by atoms with E-state index in [0.717, 1.165) is 7.11 Å². The first-order chi connectivity index (χ1) is 6.05. The molecule has 5 nitrogen and oxygen atoms in total. The number of hydrogen-bond acceptors (Lipinski definition) is 6. The Hall–Kier alpha value is 0.770. The fourth-order valence-corrected chi connectivity index (χ4v) is 3.88. The highest BCUT2D eigenvalue weighted by Crippen LogP contribution is 2.46. The van der Waals surface area contributed by atoms with Gasteiger partial charge in [0.25, 0.3) is 0 Å². The van der Waals surface area contributed by atoms with Crippen LogP contribution in [0.2, 0.25) is 0 Å². The zero-order valence-electron chi connectivity index (χ0n) is 6.95. The molecule has 0 amide bonds. The molecular weight excluding hydrogens is 235 g/mol. The Balaban J connectivity index is 2.47. The number of rotatable bonds is 3. The van der Waals surface area contributed by atoms with Gasteiger partial charge in [0.05, 0.1) is 6.10 Å². The van der Waals surface area contributed by atoms with Crippen molar-refractivity contribution < 1.29 is 23.6 Å². The second-order valence-corrected chi connectivity index (χ2v) is 6.50. The molecule has 0 radical (unpaired) electrons. The predicted molar refractivity (Wildman–Crippen MR) is 52.6 cm³/mol. The molecule has 0 aromatic heterocycles. The Labute approximate surface area is 84.2 Å². The topological polar surface area (TPSA) is 76.0 Å². The van der Waals surface area contributed by atoms with Crippen molar-refractivity contribution in [3.8, 4) is 0 Å². The molecule has 1 fully saturated rings. The van der Waals surface area contributed by atoms with E-state index in [1.165, 1.54) is 21.6 Å². The summed E-state index contributed by atoms with van der Waals surface area (Å²) in [6.07, 6.45) is -1.33. The molecule has 0 saturated carbocycles. The Morgan fingerprint density at radius 3 is 2.62 bits per heavy atom. The molecule has 0 bridgehead atoms. The van der Waals surface area contributed by atoms with Crippen molar-refractivity contribution in [2.45, 2.75) is 12.2 Å². The summed E-state index contributed by atoms with van der Waals surface area (Å²) in [5.74, 6) is 0.985. The summed E-state index contributed by atoms with van der Waals surface area (Å²) in [4.78, 5) is 8.98. The summed E-state index contributed by atoms with van der Waals surface area (Å²) in [5.41, 5.74) is 0. The Kier molecular flexibility index (Phi) is 4.57. The minimum Gasteiger partial charge on any atom is -0.389 e. The van der Waals surface area contributed by atoms with E-state index in [-0.39, 0.29) is 0 Å². The maximum Gasteiger partial charge on any atom is 0.472 e. The van der Waals surface area contributed by atoms with Crippen molar-refractivity contribution in [3.63, 3.8) is 0 Å². The molecule has 0 aliphatic carbocycles. The number of phosphoric ester groups is 1. The third-order valence-electron chi connectivity index (χ3n) is 1.48. The molecule has 13 heavy (non-hydrogen) atoms. The van der Waals surface area contributed by atoms with E-state index >= 15 is 0 Å². The fourth-order valence-electron chi connectivity index (χ4n) is 0.766. The van der Waals surface area contributed by atoms with Crippen LogP contribution in [0.15, 0.2) is 0 Å². The minimum atomic E-state index is -3.96. The maximum absolute atomic E-state index is 11.0. The average molecular weight is 246 g/mol.